The van der Waals surface area contributed by atoms with Crippen molar-refractivity contribution < 1.29 is 4.39 Å². The molecular weight excluding hydrogens is 243 g/mol. The highest BCUT2D eigenvalue weighted by Gasteiger charge is 2.13. The third-order valence-electron chi connectivity index (χ3n) is 3.02. The molecule has 0 fully saturated rings. The smallest absolute Gasteiger partial charge is 0.128 e. The van der Waals surface area contributed by atoms with Gasteiger partial charge in [-0.2, -0.15) is 5.10 Å². The summed E-state index contributed by atoms with van der Waals surface area (Å²) in [5.74, 6) is -0.246. The molecule has 19 heavy (non-hydrogen) atoms. The first kappa shape index (κ1) is 13.7. The first-order chi connectivity index (χ1) is 9.06. The quantitative estimate of drug-likeness (QED) is 0.892. The van der Waals surface area contributed by atoms with Gasteiger partial charge in [0.15, 0.2) is 0 Å². The van der Waals surface area contributed by atoms with Crippen molar-refractivity contribution in [3.63, 3.8) is 0 Å². The van der Waals surface area contributed by atoms with E-state index in [0.29, 0.717) is 12.1 Å². The van der Waals surface area contributed by atoms with Crippen LogP contribution in [0.5, 0.6) is 0 Å². The maximum atomic E-state index is 13.6. The van der Waals surface area contributed by atoms with Crippen LogP contribution in [-0.2, 0) is 13.6 Å². The van der Waals surface area contributed by atoms with Crippen molar-refractivity contribution >= 4 is 0 Å². The Kier molecular flexibility index (Phi) is 4.29. The van der Waals surface area contributed by atoms with Crippen LogP contribution in [0.25, 0.3) is 0 Å². The summed E-state index contributed by atoms with van der Waals surface area (Å²) in [6.45, 7) is 1.34. The van der Waals surface area contributed by atoms with E-state index in [0.717, 1.165) is 12.1 Å². The average Bonchev–Trinajstić information content (AvgIpc) is 2.74. The number of rotatable bonds is 5. The Hall–Kier alpha value is -1.72. The van der Waals surface area contributed by atoms with Gasteiger partial charge in [-0.1, -0.05) is 18.2 Å². The molecule has 0 aliphatic rings. The fourth-order valence-electron chi connectivity index (χ4n) is 2.14. The molecule has 0 radical (unpaired) electrons. The van der Waals surface area contributed by atoms with Crippen LogP contribution < -0.4 is 5.73 Å². The number of hydrogen-bond donors (Lipinski definition) is 1. The second kappa shape index (κ2) is 5.95. The summed E-state index contributed by atoms with van der Waals surface area (Å²) in [6, 6.07) is 6.32. The van der Waals surface area contributed by atoms with Crippen LogP contribution >= 0.6 is 0 Å². The van der Waals surface area contributed by atoms with Crippen molar-refractivity contribution in [2.75, 3.05) is 13.6 Å². The van der Waals surface area contributed by atoms with E-state index in [4.69, 9.17) is 5.73 Å². The van der Waals surface area contributed by atoms with Crippen molar-refractivity contribution in [2.24, 2.45) is 12.8 Å². The van der Waals surface area contributed by atoms with Gasteiger partial charge >= 0.3 is 0 Å². The Morgan fingerprint density at radius 3 is 2.79 bits per heavy atom. The van der Waals surface area contributed by atoms with Crippen LogP contribution in [0.15, 0.2) is 36.7 Å². The third kappa shape index (κ3) is 3.62. The van der Waals surface area contributed by atoms with Gasteiger partial charge in [-0.25, -0.2) is 4.39 Å². The second-order valence-corrected chi connectivity index (χ2v) is 4.85. The average molecular weight is 262 g/mol. The van der Waals surface area contributed by atoms with Crippen molar-refractivity contribution in [3.8, 4) is 0 Å². The zero-order chi connectivity index (χ0) is 13.8. The van der Waals surface area contributed by atoms with E-state index in [1.807, 2.05) is 26.5 Å². The van der Waals surface area contributed by atoms with E-state index in [1.54, 1.807) is 22.9 Å². The van der Waals surface area contributed by atoms with Gasteiger partial charge in [-0.15, -0.1) is 0 Å². The maximum Gasteiger partial charge on any atom is 0.128 e. The molecule has 0 spiro atoms. The molecule has 2 N–H and O–H groups in total. The van der Waals surface area contributed by atoms with Crippen LogP contribution in [0, 0.1) is 5.82 Å². The summed E-state index contributed by atoms with van der Waals surface area (Å²) >= 11 is 0. The van der Waals surface area contributed by atoms with Gasteiger partial charge in [0.2, 0.25) is 0 Å². The van der Waals surface area contributed by atoms with Gasteiger partial charge in [0.1, 0.15) is 5.82 Å². The number of halogens is 1. The summed E-state index contributed by atoms with van der Waals surface area (Å²) in [5, 5.41) is 4.12. The van der Waals surface area contributed by atoms with Crippen LogP contribution in [0.2, 0.25) is 0 Å². The highest BCUT2D eigenvalue weighted by molar-refractivity contribution is 5.21. The van der Waals surface area contributed by atoms with Crippen LogP contribution in [-0.4, -0.2) is 28.3 Å². The number of nitrogens with two attached hydrogens (primary N) is 1. The van der Waals surface area contributed by atoms with Gasteiger partial charge in [0.25, 0.3) is 0 Å². The number of nitrogens with zero attached hydrogens (tertiary/aromatic N) is 3. The zero-order valence-electron chi connectivity index (χ0n) is 11.3. The molecule has 2 rings (SSSR count). The third-order valence-corrected chi connectivity index (χ3v) is 3.02. The zero-order valence-corrected chi connectivity index (χ0v) is 11.3. The highest BCUT2D eigenvalue weighted by Crippen LogP contribution is 2.16. The lowest BCUT2D eigenvalue weighted by atomic mass is 10.1. The predicted molar refractivity (Wildman–Crippen MR) is 72.9 cm³/mol. The lowest BCUT2D eigenvalue weighted by Crippen LogP contribution is -2.29. The normalized spacial score (nSPS) is 12.9. The van der Waals surface area contributed by atoms with Crippen molar-refractivity contribution in [3.05, 3.63) is 53.6 Å². The molecule has 4 nitrogen and oxygen atoms in total. The van der Waals surface area contributed by atoms with E-state index in [-0.39, 0.29) is 11.9 Å². The fraction of sp³-hybridized carbons (Fsp3) is 0.357. The second-order valence-electron chi connectivity index (χ2n) is 4.85. The minimum atomic E-state index is -0.331. The van der Waals surface area contributed by atoms with E-state index < -0.39 is 0 Å². The molecule has 1 aromatic carbocycles. The van der Waals surface area contributed by atoms with Gasteiger partial charge < -0.3 is 10.6 Å². The molecule has 1 heterocycles. The lowest BCUT2D eigenvalue weighted by Gasteiger charge is -2.21. The van der Waals surface area contributed by atoms with E-state index in [1.165, 1.54) is 6.07 Å². The summed E-state index contributed by atoms with van der Waals surface area (Å²) < 4.78 is 15.4. The molecular formula is C14H19FN4. The number of aryl methyl sites for hydroxylation is 1. The summed E-state index contributed by atoms with van der Waals surface area (Å²) in [7, 11) is 3.85. The number of benzene rings is 1. The molecule has 5 heteroatoms. The van der Waals surface area contributed by atoms with E-state index in [9.17, 15) is 4.39 Å². The number of aromatic nitrogens is 2. The molecule has 0 saturated heterocycles. The highest BCUT2D eigenvalue weighted by atomic mass is 19.1. The molecule has 2 aromatic rings. The Morgan fingerprint density at radius 2 is 2.16 bits per heavy atom. The first-order valence-electron chi connectivity index (χ1n) is 6.22. The minimum Gasteiger partial charge on any atom is -0.323 e. The van der Waals surface area contributed by atoms with Gasteiger partial charge in [0, 0.05) is 43.5 Å². The molecule has 1 atom stereocenters. The number of likely N-dealkylation sites (N-methyl/N-ethyl adjacent to an activating group) is 1. The Labute approximate surface area is 112 Å². The molecule has 1 unspecified atom stereocenters. The predicted octanol–water partition coefficient (Wildman–Crippen LogP) is 1.69. The van der Waals surface area contributed by atoms with Crippen molar-refractivity contribution in [1.29, 1.82) is 0 Å². The summed E-state index contributed by atoms with van der Waals surface area (Å²) in [4.78, 5) is 2.06. The van der Waals surface area contributed by atoms with Crippen molar-refractivity contribution in [2.45, 2.75) is 12.6 Å². The summed E-state index contributed by atoms with van der Waals surface area (Å²) in [5.41, 5.74) is 7.73. The van der Waals surface area contributed by atoms with Gasteiger partial charge in [-0.05, 0) is 13.1 Å². The largest absolute Gasteiger partial charge is 0.323 e. The molecule has 0 bridgehead atoms. The maximum absolute atomic E-state index is 13.6. The first-order valence-corrected chi connectivity index (χ1v) is 6.22. The van der Waals surface area contributed by atoms with Crippen LogP contribution in [0.3, 0.4) is 0 Å². The summed E-state index contributed by atoms with van der Waals surface area (Å²) in [6.07, 6.45) is 3.79. The van der Waals surface area contributed by atoms with E-state index in [2.05, 4.69) is 10.00 Å². The minimum absolute atomic E-state index is 0.246. The Bertz CT molecular complexity index is 538. The Balaban J connectivity index is 1.95. The standard InChI is InChI=1S/C14H19FN4/c1-18(8-11-7-17-19(2)9-11)10-14(16)12-5-3-4-6-13(12)15/h3-7,9,14H,8,10,16H2,1-2H3. The monoisotopic (exact) mass is 262 g/mol. The van der Waals surface area contributed by atoms with E-state index >= 15 is 0 Å². The molecule has 0 aliphatic carbocycles. The lowest BCUT2D eigenvalue weighted by molar-refractivity contribution is 0.302. The SMILES string of the molecule is CN(Cc1cnn(C)c1)CC(N)c1ccccc1F. The van der Waals surface area contributed by atoms with Crippen molar-refractivity contribution in [1.82, 2.24) is 14.7 Å². The Morgan fingerprint density at radius 1 is 1.42 bits per heavy atom. The molecule has 0 aliphatic heterocycles. The molecule has 0 saturated carbocycles. The van der Waals surface area contributed by atoms with Gasteiger partial charge in [-0.3, -0.25) is 4.68 Å². The van der Waals surface area contributed by atoms with Crippen LogP contribution in [0.1, 0.15) is 17.2 Å². The topological polar surface area (TPSA) is 47.1 Å². The molecule has 1 aromatic heterocycles. The van der Waals surface area contributed by atoms with Crippen LogP contribution in [0.4, 0.5) is 4.39 Å². The fourth-order valence-corrected chi connectivity index (χ4v) is 2.14. The molecule has 0 amide bonds. The molecule has 102 valence electrons. The van der Waals surface area contributed by atoms with Gasteiger partial charge in [0.05, 0.1) is 6.20 Å². The number of hydrogen-bond acceptors (Lipinski definition) is 3.